The Balaban J connectivity index is 1.89. The highest BCUT2D eigenvalue weighted by Gasteiger charge is 2.18. The number of benzene rings is 1. The molecule has 2 nitrogen and oxygen atoms in total. The van der Waals surface area contributed by atoms with Gasteiger partial charge in [0, 0.05) is 18.8 Å². The number of ether oxygens (including phenoxy) is 1. The lowest BCUT2D eigenvalue weighted by atomic mass is 9.94. The van der Waals surface area contributed by atoms with E-state index < -0.39 is 0 Å². The van der Waals surface area contributed by atoms with Gasteiger partial charge in [-0.15, -0.1) is 0 Å². The van der Waals surface area contributed by atoms with Crippen LogP contribution in [0.4, 0.5) is 5.69 Å². The molecule has 0 amide bonds. The van der Waals surface area contributed by atoms with Gasteiger partial charge >= 0.3 is 0 Å². The van der Waals surface area contributed by atoms with Gasteiger partial charge in [0.1, 0.15) is 5.75 Å². The number of rotatable bonds is 6. The Morgan fingerprint density at radius 3 is 2.42 bits per heavy atom. The number of hydrogen-bond acceptors (Lipinski definition) is 2. The van der Waals surface area contributed by atoms with Crippen molar-refractivity contribution in [2.45, 2.75) is 57.9 Å². The SMILES string of the molecule is CCCCOc1ccc(N(C)C2CCCCC2)cc1. The van der Waals surface area contributed by atoms with Crippen molar-refractivity contribution < 1.29 is 4.74 Å². The zero-order chi connectivity index (χ0) is 13.5. The van der Waals surface area contributed by atoms with Crippen LogP contribution in [0.2, 0.25) is 0 Å². The summed E-state index contributed by atoms with van der Waals surface area (Å²) in [5.41, 5.74) is 1.31. The molecule has 0 bridgehead atoms. The number of unbranched alkanes of at least 4 members (excludes halogenated alkanes) is 1. The highest BCUT2D eigenvalue weighted by molar-refractivity contribution is 5.49. The Bertz CT molecular complexity index is 354. The third kappa shape index (κ3) is 4.15. The molecule has 1 saturated carbocycles. The first kappa shape index (κ1) is 14.2. The van der Waals surface area contributed by atoms with Crippen LogP contribution in [0.25, 0.3) is 0 Å². The van der Waals surface area contributed by atoms with Gasteiger partial charge in [-0.25, -0.2) is 0 Å². The summed E-state index contributed by atoms with van der Waals surface area (Å²) in [6.07, 6.45) is 9.16. The number of anilines is 1. The molecule has 0 heterocycles. The second kappa shape index (κ2) is 7.42. The summed E-state index contributed by atoms with van der Waals surface area (Å²) in [7, 11) is 2.23. The molecule has 1 aromatic carbocycles. The monoisotopic (exact) mass is 261 g/mol. The van der Waals surface area contributed by atoms with Crippen molar-refractivity contribution in [3.05, 3.63) is 24.3 Å². The van der Waals surface area contributed by atoms with Crippen molar-refractivity contribution in [1.29, 1.82) is 0 Å². The predicted octanol–water partition coefficient (Wildman–Crippen LogP) is 4.63. The molecule has 1 aliphatic rings. The fraction of sp³-hybridized carbons (Fsp3) is 0.647. The van der Waals surface area contributed by atoms with Crippen molar-refractivity contribution in [3.8, 4) is 5.75 Å². The van der Waals surface area contributed by atoms with Gasteiger partial charge in [-0.2, -0.15) is 0 Å². The van der Waals surface area contributed by atoms with Crippen LogP contribution in [0.5, 0.6) is 5.75 Å². The van der Waals surface area contributed by atoms with Crippen LogP contribution in [-0.4, -0.2) is 19.7 Å². The summed E-state index contributed by atoms with van der Waals surface area (Å²) < 4.78 is 5.71. The van der Waals surface area contributed by atoms with Crippen LogP contribution in [0.15, 0.2) is 24.3 Å². The van der Waals surface area contributed by atoms with Crippen molar-refractivity contribution in [2.75, 3.05) is 18.6 Å². The molecule has 0 aromatic heterocycles. The predicted molar refractivity (Wildman–Crippen MR) is 82.1 cm³/mol. The lowest BCUT2D eigenvalue weighted by molar-refractivity contribution is 0.309. The van der Waals surface area contributed by atoms with Crippen molar-refractivity contribution in [2.24, 2.45) is 0 Å². The van der Waals surface area contributed by atoms with Crippen LogP contribution < -0.4 is 9.64 Å². The van der Waals surface area contributed by atoms with Gasteiger partial charge in [-0.1, -0.05) is 32.6 Å². The third-order valence-corrected chi connectivity index (χ3v) is 4.13. The van der Waals surface area contributed by atoms with Gasteiger partial charge in [0.05, 0.1) is 6.61 Å². The number of hydrogen-bond donors (Lipinski definition) is 0. The largest absolute Gasteiger partial charge is 0.494 e. The normalized spacial score (nSPS) is 16.3. The lowest BCUT2D eigenvalue weighted by Crippen LogP contribution is -2.33. The minimum absolute atomic E-state index is 0.723. The molecule has 0 N–H and O–H groups in total. The Morgan fingerprint density at radius 2 is 1.79 bits per heavy atom. The molecule has 0 radical (unpaired) electrons. The fourth-order valence-corrected chi connectivity index (χ4v) is 2.79. The van der Waals surface area contributed by atoms with E-state index in [9.17, 15) is 0 Å². The average molecular weight is 261 g/mol. The van der Waals surface area contributed by atoms with E-state index in [1.165, 1.54) is 44.2 Å². The smallest absolute Gasteiger partial charge is 0.119 e. The maximum Gasteiger partial charge on any atom is 0.119 e. The van der Waals surface area contributed by atoms with Crippen LogP contribution in [0, 0.1) is 0 Å². The van der Waals surface area contributed by atoms with Gasteiger partial charge < -0.3 is 9.64 Å². The molecular formula is C17H27NO. The zero-order valence-electron chi connectivity index (χ0n) is 12.4. The third-order valence-electron chi connectivity index (χ3n) is 4.13. The first-order valence-electron chi connectivity index (χ1n) is 7.77. The molecule has 0 saturated heterocycles. The van der Waals surface area contributed by atoms with E-state index in [-0.39, 0.29) is 0 Å². The maximum atomic E-state index is 5.71. The van der Waals surface area contributed by atoms with E-state index in [4.69, 9.17) is 4.74 Å². The lowest BCUT2D eigenvalue weighted by Gasteiger charge is -2.33. The van der Waals surface area contributed by atoms with E-state index in [1.807, 2.05) is 0 Å². The van der Waals surface area contributed by atoms with Crippen LogP contribution in [0.1, 0.15) is 51.9 Å². The van der Waals surface area contributed by atoms with Gasteiger partial charge in [0.25, 0.3) is 0 Å². The summed E-state index contributed by atoms with van der Waals surface area (Å²) in [5.74, 6) is 0.995. The van der Waals surface area contributed by atoms with Crippen LogP contribution >= 0.6 is 0 Å². The second-order valence-electron chi connectivity index (χ2n) is 5.60. The molecule has 19 heavy (non-hydrogen) atoms. The van der Waals surface area contributed by atoms with Crippen LogP contribution in [0.3, 0.4) is 0 Å². The first-order valence-corrected chi connectivity index (χ1v) is 7.77. The van der Waals surface area contributed by atoms with E-state index in [0.717, 1.165) is 24.8 Å². The quantitative estimate of drug-likeness (QED) is 0.692. The summed E-state index contributed by atoms with van der Waals surface area (Å²) in [6, 6.07) is 9.31. The Kier molecular flexibility index (Phi) is 5.56. The van der Waals surface area contributed by atoms with Gasteiger partial charge in [-0.3, -0.25) is 0 Å². The molecule has 0 atom stereocenters. The topological polar surface area (TPSA) is 12.5 Å². The molecule has 2 heteroatoms. The zero-order valence-corrected chi connectivity index (χ0v) is 12.4. The molecular weight excluding hydrogens is 234 g/mol. The highest BCUT2D eigenvalue weighted by atomic mass is 16.5. The average Bonchev–Trinajstić information content (AvgIpc) is 2.48. The number of nitrogens with zero attached hydrogens (tertiary/aromatic N) is 1. The second-order valence-corrected chi connectivity index (χ2v) is 5.60. The minimum atomic E-state index is 0.723. The first-order chi connectivity index (χ1) is 9.31. The van der Waals surface area contributed by atoms with Gasteiger partial charge in [0.2, 0.25) is 0 Å². The molecule has 106 valence electrons. The molecule has 0 unspecified atom stereocenters. The standard InChI is InChI=1S/C17H27NO/c1-3-4-14-19-17-12-10-16(11-13-17)18(2)15-8-6-5-7-9-15/h10-13,15H,3-9,14H2,1-2H3. The Labute approximate surface area is 117 Å². The van der Waals surface area contributed by atoms with Crippen LogP contribution in [-0.2, 0) is 0 Å². The molecule has 1 aromatic rings. The van der Waals surface area contributed by atoms with E-state index in [0.29, 0.717) is 0 Å². The summed E-state index contributed by atoms with van der Waals surface area (Å²) >= 11 is 0. The highest BCUT2D eigenvalue weighted by Crippen LogP contribution is 2.27. The summed E-state index contributed by atoms with van der Waals surface area (Å²) in [4.78, 5) is 2.44. The van der Waals surface area contributed by atoms with E-state index in [1.54, 1.807) is 0 Å². The van der Waals surface area contributed by atoms with E-state index in [2.05, 4.69) is 43.1 Å². The van der Waals surface area contributed by atoms with Gasteiger partial charge in [0.15, 0.2) is 0 Å². The summed E-state index contributed by atoms with van der Waals surface area (Å²) in [6.45, 7) is 3.01. The molecule has 1 fully saturated rings. The van der Waals surface area contributed by atoms with Crippen molar-refractivity contribution in [1.82, 2.24) is 0 Å². The Morgan fingerprint density at radius 1 is 1.11 bits per heavy atom. The maximum absolute atomic E-state index is 5.71. The van der Waals surface area contributed by atoms with Crippen molar-refractivity contribution in [3.63, 3.8) is 0 Å². The molecule has 1 aliphatic carbocycles. The minimum Gasteiger partial charge on any atom is -0.494 e. The Hall–Kier alpha value is -1.18. The summed E-state index contributed by atoms with van der Waals surface area (Å²) in [5, 5.41) is 0. The molecule has 0 spiro atoms. The fourth-order valence-electron chi connectivity index (χ4n) is 2.79. The van der Waals surface area contributed by atoms with E-state index >= 15 is 0 Å². The van der Waals surface area contributed by atoms with Gasteiger partial charge in [-0.05, 0) is 43.5 Å². The molecule has 0 aliphatic heterocycles. The van der Waals surface area contributed by atoms with Crippen molar-refractivity contribution >= 4 is 5.69 Å². The molecule has 2 rings (SSSR count).